The van der Waals surface area contributed by atoms with Crippen molar-refractivity contribution in [3.8, 4) is 11.4 Å². The number of aromatic nitrogens is 2. The monoisotopic (exact) mass is 624 g/mol. The Hall–Kier alpha value is -4.67. The molecule has 44 heavy (non-hydrogen) atoms. The van der Waals surface area contributed by atoms with E-state index in [1.165, 1.54) is 22.8 Å². The minimum absolute atomic E-state index is 0.0990. The number of urea groups is 1. The molecule has 2 aromatic rings. The predicted molar refractivity (Wildman–Crippen MR) is 147 cm³/mol. The molecule has 2 fully saturated rings. The van der Waals surface area contributed by atoms with Crippen LogP contribution in [-0.4, -0.2) is 105 Å². The normalized spacial score (nSPS) is 20.8. The van der Waals surface area contributed by atoms with Crippen molar-refractivity contribution in [3.63, 3.8) is 0 Å². The molecule has 2 aliphatic rings. The molecule has 2 N–H and O–H groups in total. The first-order chi connectivity index (χ1) is 20.4. The van der Waals surface area contributed by atoms with Crippen molar-refractivity contribution < 1.29 is 46.9 Å². The second-order valence-electron chi connectivity index (χ2n) is 11.6. The fourth-order valence-electron chi connectivity index (χ4n) is 5.07. The molecule has 0 radical (unpaired) electrons. The second-order valence-corrected chi connectivity index (χ2v) is 11.6. The molecule has 4 amide bonds. The van der Waals surface area contributed by atoms with Crippen LogP contribution in [-0.2, 0) is 9.53 Å². The quantitative estimate of drug-likeness (QED) is 0.476. The Morgan fingerprint density at radius 2 is 1.75 bits per heavy atom. The lowest BCUT2D eigenvalue weighted by Gasteiger charge is -2.42. The fraction of sp³-hybridized carbons (Fsp3) is 0.481. The van der Waals surface area contributed by atoms with E-state index in [2.05, 4.69) is 15.0 Å². The van der Waals surface area contributed by atoms with Gasteiger partial charge in [0.15, 0.2) is 0 Å². The summed E-state index contributed by atoms with van der Waals surface area (Å²) in [5.41, 5.74) is -3.29. The molecule has 3 heterocycles. The van der Waals surface area contributed by atoms with Gasteiger partial charge in [0.05, 0.1) is 12.3 Å². The maximum Gasteiger partial charge on any atom is 0.573 e. The molecule has 0 bridgehead atoms. The number of nitrogens with one attached hydrogen (secondary N) is 1. The van der Waals surface area contributed by atoms with E-state index in [1.807, 2.05) is 20.8 Å². The zero-order chi connectivity index (χ0) is 32.6. The lowest BCUT2D eigenvalue weighted by molar-refractivity contribution is -0.274. The number of piperazine rings is 1. The molecule has 17 heteroatoms. The molecular weight excluding hydrogens is 593 g/mol. The number of anilines is 1. The van der Waals surface area contributed by atoms with Gasteiger partial charge in [0, 0.05) is 49.4 Å². The number of hydrogen-bond donors (Lipinski definition) is 2. The summed E-state index contributed by atoms with van der Waals surface area (Å²) < 4.78 is 48.5. The first-order valence-corrected chi connectivity index (χ1v) is 13.4. The van der Waals surface area contributed by atoms with E-state index in [0.29, 0.717) is 6.29 Å². The van der Waals surface area contributed by atoms with E-state index in [9.17, 15) is 42.3 Å². The number of benzene rings is 1. The molecule has 0 saturated carbocycles. The van der Waals surface area contributed by atoms with E-state index >= 15 is 0 Å². The Morgan fingerprint density at radius 3 is 2.30 bits per heavy atom. The Labute approximate surface area is 248 Å². The molecule has 0 spiro atoms. The predicted octanol–water partition coefficient (Wildman–Crippen LogP) is 2.76. The second kappa shape index (κ2) is 11.8. The van der Waals surface area contributed by atoms with Crippen molar-refractivity contribution >= 4 is 30.1 Å². The first kappa shape index (κ1) is 32.2. The molecular formula is C27H31F3N6O8. The number of rotatable bonds is 5. The Bertz CT molecular complexity index is 1520. The SMILES string of the molecule is CC(C)(C)[C@H]1OC[C@@](C)(C(=O)N2CCN(C(=O)Nc3ccn(-c4cc(C=O)cc(OC(F)(F)F)c4)c(=O)n3)CC2)N1C(=O)O. The standard InChI is InChI=1S/C27H31F3N6O8/c1-25(2,3)21-36(24(41)42)26(4,15-43-21)20(38)33-7-9-34(10-8-33)22(39)31-19-5-6-35(23(40)32-19)17-11-16(14-37)12-18(13-17)44-27(28,29)30/h5-6,11-14,21H,7-10,15H2,1-4H3,(H,41,42)(H,31,32,39,40)/t21-,26+/m1/s1. The molecule has 4 rings (SSSR count). The minimum atomic E-state index is -5.02. The van der Waals surface area contributed by atoms with Crippen molar-refractivity contribution in [1.82, 2.24) is 24.3 Å². The van der Waals surface area contributed by atoms with Gasteiger partial charge in [0.2, 0.25) is 0 Å². The highest BCUT2D eigenvalue weighted by Crippen LogP contribution is 2.38. The average Bonchev–Trinajstić information content (AvgIpc) is 3.31. The molecule has 2 saturated heterocycles. The minimum Gasteiger partial charge on any atom is -0.465 e. The summed E-state index contributed by atoms with van der Waals surface area (Å²) in [6, 6.07) is 3.54. The molecule has 1 aromatic heterocycles. The summed E-state index contributed by atoms with van der Waals surface area (Å²) in [5, 5.41) is 12.4. The third-order valence-corrected chi connectivity index (χ3v) is 7.15. The van der Waals surface area contributed by atoms with Crippen LogP contribution in [0, 0.1) is 5.41 Å². The van der Waals surface area contributed by atoms with Crippen LogP contribution in [0.15, 0.2) is 35.3 Å². The van der Waals surface area contributed by atoms with Crippen LogP contribution in [0.1, 0.15) is 38.1 Å². The number of amides is 4. The molecule has 2 atom stereocenters. The third-order valence-electron chi connectivity index (χ3n) is 7.15. The number of carboxylic acid groups (broad SMARTS) is 1. The molecule has 14 nitrogen and oxygen atoms in total. The van der Waals surface area contributed by atoms with Gasteiger partial charge < -0.3 is 24.4 Å². The van der Waals surface area contributed by atoms with Gasteiger partial charge in [-0.25, -0.2) is 14.4 Å². The first-order valence-electron chi connectivity index (χ1n) is 13.4. The molecule has 1 aromatic carbocycles. The largest absolute Gasteiger partial charge is 0.573 e. The summed E-state index contributed by atoms with van der Waals surface area (Å²) >= 11 is 0. The zero-order valence-corrected chi connectivity index (χ0v) is 24.3. The van der Waals surface area contributed by atoms with Crippen LogP contribution in [0.25, 0.3) is 5.69 Å². The summed E-state index contributed by atoms with van der Waals surface area (Å²) in [5.74, 6) is -1.30. The van der Waals surface area contributed by atoms with Crippen LogP contribution in [0.3, 0.4) is 0 Å². The smallest absolute Gasteiger partial charge is 0.465 e. The van der Waals surface area contributed by atoms with Crippen LogP contribution in [0.5, 0.6) is 5.75 Å². The number of hydrogen-bond acceptors (Lipinski definition) is 8. The number of carbonyl (C=O) groups is 4. The molecule has 0 aliphatic carbocycles. The van der Waals surface area contributed by atoms with Gasteiger partial charge in [-0.05, 0) is 25.1 Å². The molecule has 0 unspecified atom stereocenters. The number of halogens is 3. The van der Waals surface area contributed by atoms with Crippen molar-refractivity contribution in [1.29, 1.82) is 0 Å². The molecule has 2 aliphatic heterocycles. The van der Waals surface area contributed by atoms with Gasteiger partial charge in [-0.15, -0.1) is 13.2 Å². The summed E-state index contributed by atoms with van der Waals surface area (Å²) in [6.45, 7) is 7.25. The van der Waals surface area contributed by atoms with E-state index < -0.39 is 53.0 Å². The highest BCUT2D eigenvalue weighted by Gasteiger charge is 2.56. The van der Waals surface area contributed by atoms with Gasteiger partial charge in [-0.2, -0.15) is 4.98 Å². The molecule has 238 valence electrons. The summed E-state index contributed by atoms with van der Waals surface area (Å²) in [7, 11) is 0. The number of nitrogens with zero attached hydrogens (tertiary/aromatic N) is 5. The lowest BCUT2D eigenvalue weighted by atomic mass is 9.91. The van der Waals surface area contributed by atoms with E-state index in [0.717, 1.165) is 33.9 Å². The Morgan fingerprint density at radius 1 is 1.11 bits per heavy atom. The fourth-order valence-corrected chi connectivity index (χ4v) is 5.07. The highest BCUT2D eigenvalue weighted by atomic mass is 19.4. The summed E-state index contributed by atoms with van der Waals surface area (Å²) in [4.78, 5) is 70.0. The maximum atomic E-state index is 13.5. The number of carbonyl (C=O) groups excluding carboxylic acids is 3. The van der Waals surface area contributed by atoms with Crippen molar-refractivity contribution in [3.05, 3.63) is 46.5 Å². The highest BCUT2D eigenvalue weighted by molar-refractivity contribution is 5.91. The van der Waals surface area contributed by atoms with Gasteiger partial charge in [-0.1, -0.05) is 20.8 Å². The zero-order valence-electron chi connectivity index (χ0n) is 24.3. The number of aldehydes is 1. The van der Waals surface area contributed by atoms with Gasteiger partial charge in [0.1, 0.15) is 29.6 Å². The van der Waals surface area contributed by atoms with Crippen LogP contribution in [0.2, 0.25) is 0 Å². The average molecular weight is 625 g/mol. The topological polar surface area (TPSA) is 164 Å². The van der Waals surface area contributed by atoms with E-state index in [1.54, 1.807) is 0 Å². The summed E-state index contributed by atoms with van der Waals surface area (Å²) in [6.07, 6.45) is -5.68. The Kier molecular flexibility index (Phi) is 8.64. The third kappa shape index (κ3) is 6.77. The van der Waals surface area contributed by atoms with Crippen LogP contribution < -0.4 is 15.7 Å². The van der Waals surface area contributed by atoms with Crippen molar-refractivity contribution in [2.24, 2.45) is 5.41 Å². The van der Waals surface area contributed by atoms with Crippen LogP contribution in [0.4, 0.5) is 28.6 Å². The number of ether oxygens (including phenoxy) is 2. The van der Waals surface area contributed by atoms with Crippen LogP contribution >= 0.6 is 0 Å². The maximum absolute atomic E-state index is 13.5. The van der Waals surface area contributed by atoms with Gasteiger partial charge in [-0.3, -0.25) is 24.4 Å². The Balaban J connectivity index is 1.41. The van der Waals surface area contributed by atoms with Crippen molar-refractivity contribution in [2.45, 2.75) is 45.8 Å². The van der Waals surface area contributed by atoms with Crippen molar-refractivity contribution in [2.75, 3.05) is 38.1 Å². The van der Waals surface area contributed by atoms with Gasteiger partial charge >= 0.3 is 24.2 Å². The lowest BCUT2D eigenvalue weighted by Crippen LogP contribution is -2.63. The van der Waals surface area contributed by atoms with E-state index in [-0.39, 0.29) is 49.9 Å². The van der Waals surface area contributed by atoms with E-state index in [4.69, 9.17) is 4.74 Å². The van der Waals surface area contributed by atoms with Gasteiger partial charge in [0.25, 0.3) is 5.91 Å². The number of alkyl halides is 3.